The third kappa shape index (κ3) is 5.11. The Labute approximate surface area is 166 Å². The van der Waals surface area contributed by atoms with Gasteiger partial charge in [0.2, 0.25) is 0 Å². The molecule has 0 heterocycles. The van der Waals surface area contributed by atoms with Crippen LogP contribution in [-0.4, -0.2) is 12.1 Å². The van der Waals surface area contributed by atoms with Crippen molar-refractivity contribution in [2.24, 2.45) is 5.10 Å². The first kappa shape index (κ1) is 18.5. The van der Waals surface area contributed by atoms with E-state index in [1.807, 2.05) is 48.5 Å². The number of nitrogens with one attached hydrogen (secondary N) is 1. The molecule has 1 N–H and O–H groups in total. The van der Waals surface area contributed by atoms with Gasteiger partial charge in [-0.25, -0.2) is 5.43 Å². The van der Waals surface area contributed by atoms with Gasteiger partial charge in [-0.2, -0.15) is 5.10 Å². The maximum absolute atomic E-state index is 12.1. The highest BCUT2D eigenvalue weighted by molar-refractivity contribution is 7.99. The van der Waals surface area contributed by atoms with Crippen molar-refractivity contribution >= 4 is 47.1 Å². The molecule has 0 atom stereocenters. The number of amides is 1. The molecule has 0 spiro atoms. The molecule has 0 aliphatic carbocycles. The van der Waals surface area contributed by atoms with Gasteiger partial charge in [0.15, 0.2) is 0 Å². The Kier molecular flexibility index (Phi) is 6.34. The molecule has 0 unspecified atom stereocenters. The van der Waals surface area contributed by atoms with Gasteiger partial charge in [-0.15, -0.1) is 0 Å². The summed E-state index contributed by atoms with van der Waals surface area (Å²) in [6, 6.07) is 22.1. The van der Waals surface area contributed by atoms with Crippen molar-refractivity contribution in [2.75, 3.05) is 0 Å². The Hall–Kier alpha value is -2.27. The van der Waals surface area contributed by atoms with Gasteiger partial charge in [0.1, 0.15) is 0 Å². The van der Waals surface area contributed by atoms with Crippen LogP contribution in [0.2, 0.25) is 10.0 Å². The number of hydrogen-bond acceptors (Lipinski definition) is 3. The zero-order valence-corrected chi connectivity index (χ0v) is 15.9. The quantitative estimate of drug-likeness (QED) is 0.427. The topological polar surface area (TPSA) is 41.5 Å². The second-order valence-electron chi connectivity index (χ2n) is 5.30. The lowest BCUT2D eigenvalue weighted by Crippen LogP contribution is -2.17. The van der Waals surface area contributed by atoms with Gasteiger partial charge in [-0.3, -0.25) is 4.79 Å². The minimum Gasteiger partial charge on any atom is -0.267 e. The van der Waals surface area contributed by atoms with E-state index in [9.17, 15) is 4.79 Å². The van der Waals surface area contributed by atoms with Crippen LogP contribution in [0, 0.1) is 0 Å². The minimum absolute atomic E-state index is 0.291. The fraction of sp³-hybridized carbons (Fsp3) is 0. The lowest BCUT2D eigenvalue weighted by atomic mass is 10.2. The van der Waals surface area contributed by atoms with Crippen LogP contribution in [0.3, 0.4) is 0 Å². The molecule has 0 aliphatic rings. The molecule has 0 radical (unpaired) electrons. The third-order valence-electron chi connectivity index (χ3n) is 3.44. The van der Waals surface area contributed by atoms with E-state index in [1.165, 1.54) is 0 Å². The van der Waals surface area contributed by atoms with Crippen LogP contribution in [-0.2, 0) is 0 Å². The molecule has 3 nitrogen and oxygen atoms in total. The maximum Gasteiger partial charge on any atom is 0.271 e. The standard InChI is InChI=1S/C20H14Cl2N2OS/c21-16-7-5-14(6-8-16)20(25)24-23-13-15-3-1-2-4-19(15)26-18-11-9-17(22)10-12-18/h1-13H,(H,24,25)/b23-13+. The SMILES string of the molecule is O=C(N/N=C/c1ccccc1Sc1ccc(Cl)cc1)c1ccc(Cl)cc1. The van der Waals surface area contributed by atoms with E-state index < -0.39 is 0 Å². The normalized spacial score (nSPS) is 10.8. The summed E-state index contributed by atoms with van der Waals surface area (Å²) >= 11 is 13.4. The number of halogens is 2. The zero-order chi connectivity index (χ0) is 18.4. The first-order chi connectivity index (χ1) is 12.6. The molecule has 0 bridgehead atoms. The second kappa shape index (κ2) is 8.90. The van der Waals surface area contributed by atoms with Gasteiger partial charge in [-0.05, 0) is 54.6 Å². The van der Waals surface area contributed by atoms with Gasteiger partial charge in [0, 0.05) is 31.0 Å². The van der Waals surface area contributed by atoms with Gasteiger partial charge in [0.05, 0.1) is 6.21 Å². The molecule has 0 fully saturated rings. The summed E-state index contributed by atoms with van der Waals surface area (Å²) in [5.74, 6) is -0.291. The monoisotopic (exact) mass is 400 g/mol. The molecule has 3 rings (SSSR count). The molecule has 3 aromatic carbocycles. The maximum atomic E-state index is 12.1. The number of rotatable bonds is 5. The van der Waals surface area contributed by atoms with Crippen LogP contribution < -0.4 is 5.43 Å². The number of hydrogen-bond donors (Lipinski definition) is 1. The molecule has 130 valence electrons. The number of nitrogens with zero attached hydrogens (tertiary/aromatic N) is 1. The fourth-order valence-corrected chi connectivity index (χ4v) is 3.30. The molecule has 6 heteroatoms. The third-order valence-corrected chi connectivity index (χ3v) is 5.04. The highest BCUT2D eigenvalue weighted by Crippen LogP contribution is 2.30. The van der Waals surface area contributed by atoms with Crippen molar-refractivity contribution in [2.45, 2.75) is 9.79 Å². The average molecular weight is 401 g/mol. The van der Waals surface area contributed by atoms with Crippen molar-refractivity contribution in [3.05, 3.63) is 94.0 Å². The van der Waals surface area contributed by atoms with E-state index in [0.29, 0.717) is 15.6 Å². The van der Waals surface area contributed by atoms with Crippen LogP contribution in [0.4, 0.5) is 0 Å². The Balaban J connectivity index is 1.69. The summed E-state index contributed by atoms with van der Waals surface area (Å²) in [5.41, 5.74) is 3.93. The summed E-state index contributed by atoms with van der Waals surface area (Å²) in [5, 5.41) is 5.35. The average Bonchev–Trinajstić information content (AvgIpc) is 2.65. The fourth-order valence-electron chi connectivity index (χ4n) is 2.14. The summed E-state index contributed by atoms with van der Waals surface area (Å²) in [6.07, 6.45) is 1.63. The van der Waals surface area contributed by atoms with E-state index in [4.69, 9.17) is 23.2 Å². The molecule has 0 aliphatic heterocycles. The largest absolute Gasteiger partial charge is 0.271 e. The Bertz CT molecular complexity index is 925. The van der Waals surface area contributed by atoms with Crippen LogP contribution >= 0.6 is 35.0 Å². The summed E-state index contributed by atoms with van der Waals surface area (Å²) in [6.45, 7) is 0. The van der Waals surface area contributed by atoms with Crippen molar-refractivity contribution in [1.82, 2.24) is 5.43 Å². The van der Waals surface area contributed by atoms with Crippen LogP contribution in [0.25, 0.3) is 0 Å². The highest BCUT2D eigenvalue weighted by atomic mass is 35.5. The first-order valence-electron chi connectivity index (χ1n) is 7.73. The summed E-state index contributed by atoms with van der Waals surface area (Å²) in [7, 11) is 0. The smallest absolute Gasteiger partial charge is 0.267 e. The van der Waals surface area contributed by atoms with Crippen LogP contribution in [0.15, 0.2) is 87.7 Å². The van der Waals surface area contributed by atoms with E-state index in [1.54, 1.807) is 42.2 Å². The van der Waals surface area contributed by atoms with Crippen LogP contribution in [0.5, 0.6) is 0 Å². The summed E-state index contributed by atoms with van der Waals surface area (Å²) in [4.78, 5) is 14.2. The van der Waals surface area contributed by atoms with E-state index >= 15 is 0 Å². The van der Waals surface area contributed by atoms with Crippen molar-refractivity contribution in [3.63, 3.8) is 0 Å². The number of hydrazone groups is 1. The second-order valence-corrected chi connectivity index (χ2v) is 7.29. The molecular formula is C20H14Cl2N2OS. The molecule has 26 heavy (non-hydrogen) atoms. The number of carbonyl (C=O) groups is 1. The number of benzene rings is 3. The minimum atomic E-state index is -0.291. The molecule has 0 saturated heterocycles. The highest BCUT2D eigenvalue weighted by Gasteiger charge is 2.05. The molecule has 0 saturated carbocycles. The zero-order valence-electron chi connectivity index (χ0n) is 13.5. The molecule has 3 aromatic rings. The van der Waals surface area contributed by atoms with E-state index in [0.717, 1.165) is 15.4 Å². The van der Waals surface area contributed by atoms with E-state index in [2.05, 4.69) is 10.5 Å². The Morgan fingerprint density at radius 2 is 1.50 bits per heavy atom. The van der Waals surface area contributed by atoms with Gasteiger partial charge in [0.25, 0.3) is 5.91 Å². The predicted octanol–water partition coefficient (Wildman–Crippen LogP) is 5.91. The lowest BCUT2D eigenvalue weighted by Gasteiger charge is -2.06. The Morgan fingerprint density at radius 1 is 0.885 bits per heavy atom. The van der Waals surface area contributed by atoms with Crippen LogP contribution in [0.1, 0.15) is 15.9 Å². The Morgan fingerprint density at radius 3 is 2.19 bits per heavy atom. The lowest BCUT2D eigenvalue weighted by molar-refractivity contribution is 0.0955. The molecule has 0 aromatic heterocycles. The van der Waals surface area contributed by atoms with Gasteiger partial charge < -0.3 is 0 Å². The van der Waals surface area contributed by atoms with Crippen molar-refractivity contribution in [1.29, 1.82) is 0 Å². The molecular weight excluding hydrogens is 387 g/mol. The first-order valence-corrected chi connectivity index (χ1v) is 9.30. The number of carbonyl (C=O) groups excluding carboxylic acids is 1. The summed E-state index contributed by atoms with van der Waals surface area (Å²) < 4.78 is 0. The predicted molar refractivity (Wildman–Crippen MR) is 109 cm³/mol. The molecule has 1 amide bonds. The van der Waals surface area contributed by atoms with Gasteiger partial charge >= 0.3 is 0 Å². The van der Waals surface area contributed by atoms with Crippen molar-refractivity contribution < 1.29 is 4.79 Å². The van der Waals surface area contributed by atoms with Gasteiger partial charge in [-0.1, -0.05) is 53.2 Å². The van der Waals surface area contributed by atoms with Crippen molar-refractivity contribution in [3.8, 4) is 0 Å². The van der Waals surface area contributed by atoms with E-state index in [-0.39, 0.29) is 5.91 Å².